The first kappa shape index (κ1) is 19.4. The Balaban J connectivity index is 1.98. The van der Waals surface area contributed by atoms with Crippen LogP contribution >= 0.6 is 28.1 Å². The molecule has 1 N–H and O–H groups in total. The van der Waals surface area contributed by atoms with Gasteiger partial charge in [-0.25, -0.2) is 4.39 Å². The second-order valence-corrected chi connectivity index (χ2v) is 7.41. The number of H-pyrrole nitrogens is 1. The highest BCUT2D eigenvalue weighted by molar-refractivity contribution is 9.10. The molecule has 1 aromatic heterocycles. The molecule has 0 unspecified atom stereocenters. The average molecular weight is 450 g/mol. The fourth-order valence-corrected chi connectivity index (χ4v) is 3.42. The maximum Gasteiger partial charge on any atom is 0.261 e. The van der Waals surface area contributed by atoms with Crippen LogP contribution in [-0.4, -0.2) is 26.9 Å². The highest BCUT2D eigenvalue weighted by Gasteiger charge is 2.17. The zero-order valence-electron chi connectivity index (χ0n) is 14.8. The van der Waals surface area contributed by atoms with E-state index in [-0.39, 0.29) is 28.6 Å². The van der Waals surface area contributed by atoms with Crippen LogP contribution in [0.1, 0.15) is 22.8 Å². The van der Waals surface area contributed by atoms with Crippen molar-refractivity contribution in [1.82, 2.24) is 14.5 Å². The molecule has 0 aliphatic rings. The summed E-state index contributed by atoms with van der Waals surface area (Å²) in [5.41, 5.74) is 1.10. The van der Waals surface area contributed by atoms with Crippen molar-refractivity contribution in [2.75, 3.05) is 6.54 Å². The summed E-state index contributed by atoms with van der Waals surface area (Å²) in [5, 5.41) is 0.448. The first-order chi connectivity index (χ1) is 12.8. The quantitative estimate of drug-likeness (QED) is 0.608. The number of amides is 1. The minimum absolute atomic E-state index is 0.144. The number of hydrogen-bond donors (Lipinski definition) is 1. The molecule has 2 aromatic carbocycles. The van der Waals surface area contributed by atoms with Crippen LogP contribution < -0.4 is 5.56 Å². The van der Waals surface area contributed by atoms with Gasteiger partial charge in [0.25, 0.3) is 11.5 Å². The summed E-state index contributed by atoms with van der Waals surface area (Å²) in [6.07, 6.45) is 0. The molecule has 140 valence electrons. The summed E-state index contributed by atoms with van der Waals surface area (Å²) in [4.78, 5) is 29.7. The standard InChI is InChI=1S/C19H17BrFN3O2S/c1-3-24(10-12-8-13(20)5-7-15(12)21)17(25)11-4-6-14-16(9-11)22-19(27)23(2)18(14)26/h4-9H,3,10H2,1-2H3,(H,22,27). The van der Waals surface area contributed by atoms with E-state index in [9.17, 15) is 14.0 Å². The van der Waals surface area contributed by atoms with Crippen molar-refractivity contribution in [3.63, 3.8) is 0 Å². The third-order valence-electron chi connectivity index (χ3n) is 4.39. The summed E-state index contributed by atoms with van der Waals surface area (Å²) in [7, 11) is 1.59. The van der Waals surface area contributed by atoms with E-state index >= 15 is 0 Å². The molecule has 27 heavy (non-hydrogen) atoms. The Morgan fingerprint density at radius 3 is 2.74 bits per heavy atom. The van der Waals surface area contributed by atoms with Crippen LogP contribution in [0.3, 0.4) is 0 Å². The van der Waals surface area contributed by atoms with Gasteiger partial charge in [0.2, 0.25) is 0 Å². The first-order valence-corrected chi connectivity index (χ1v) is 9.48. The molecule has 5 nitrogen and oxygen atoms in total. The molecule has 0 radical (unpaired) electrons. The lowest BCUT2D eigenvalue weighted by atomic mass is 10.1. The second kappa shape index (κ2) is 7.74. The van der Waals surface area contributed by atoms with E-state index in [2.05, 4.69) is 20.9 Å². The van der Waals surface area contributed by atoms with Crippen LogP contribution in [0.15, 0.2) is 45.7 Å². The van der Waals surface area contributed by atoms with Crippen LogP contribution in [0.25, 0.3) is 10.9 Å². The van der Waals surface area contributed by atoms with E-state index in [1.807, 2.05) is 6.92 Å². The van der Waals surface area contributed by atoms with E-state index in [1.54, 1.807) is 42.3 Å². The summed E-state index contributed by atoms with van der Waals surface area (Å²) < 4.78 is 16.4. The number of halogens is 2. The number of rotatable bonds is 4. The predicted octanol–water partition coefficient (Wildman–Crippen LogP) is 4.16. The van der Waals surface area contributed by atoms with Crippen LogP contribution in [0, 0.1) is 10.6 Å². The highest BCUT2D eigenvalue weighted by atomic mass is 79.9. The van der Waals surface area contributed by atoms with Crippen molar-refractivity contribution in [1.29, 1.82) is 0 Å². The Labute approximate surface area is 168 Å². The van der Waals surface area contributed by atoms with Crippen molar-refractivity contribution in [2.24, 2.45) is 7.05 Å². The van der Waals surface area contributed by atoms with E-state index in [4.69, 9.17) is 12.2 Å². The van der Waals surface area contributed by atoms with Crippen molar-refractivity contribution in [3.8, 4) is 0 Å². The van der Waals surface area contributed by atoms with Gasteiger partial charge in [0.05, 0.1) is 10.9 Å². The molecule has 0 fully saturated rings. The molecule has 1 heterocycles. The van der Waals surface area contributed by atoms with E-state index in [0.29, 0.717) is 28.6 Å². The second-order valence-electron chi connectivity index (χ2n) is 6.11. The lowest BCUT2D eigenvalue weighted by molar-refractivity contribution is 0.0751. The smallest absolute Gasteiger partial charge is 0.261 e. The normalized spacial score (nSPS) is 11.0. The summed E-state index contributed by atoms with van der Waals surface area (Å²) in [5.74, 6) is -0.616. The van der Waals surface area contributed by atoms with Gasteiger partial charge in [-0.1, -0.05) is 15.9 Å². The van der Waals surface area contributed by atoms with E-state index in [1.165, 1.54) is 10.6 Å². The van der Waals surface area contributed by atoms with Gasteiger partial charge in [-0.3, -0.25) is 14.2 Å². The molecule has 0 bridgehead atoms. The number of hydrogen-bond acceptors (Lipinski definition) is 3. The number of fused-ring (bicyclic) bond motifs is 1. The van der Waals surface area contributed by atoms with E-state index in [0.717, 1.165) is 4.47 Å². The molecule has 0 atom stereocenters. The SMILES string of the molecule is CCN(Cc1cc(Br)ccc1F)C(=O)c1ccc2c(=O)n(C)c(=S)[nH]c2c1. The van der Waals surface area contributed by atoms with Gasteiger partial charge in [-0.2, -0.15) is 0 Å². The predicted molar refractivity (Wildman–Crippen MR) is 109 cm³/mol. The maximum absolute atomic E-state index is 14.1. The zero-order valence-corrected chi connectivity index (χ0v) is 17.2. The molecule has 3 aromatic rings. The Morgan fingerprint density at radius 1 is 1.30 bits per heavy atom. The van der Waals surface area contributed by atoms with Crippen molar-refractivity contribution in [2.45, 2.75) is 13.5 Å². The van der Waals surface area contributed by atoms with Crippen LogP contribution in [0.2, 0.25) is 0 Å². The van der Waals surface area contributed by atoms with Crippen molar-refractivity contribution < 1.29 is 9.18 Å². The monoisotopic (exact) mass is 449 g/mol. The summed E-state index contributed by atoms with van der Waals surface area (Å²) >= 11 is 8.45. The molecular weight excluding hydrogens is 433 g/mol. The first-order valence-electron chi connectivity index (χ1n) is 8.28. The average Bonchev–Trinajstić information content (AvgIpc) is 2.66. The number of aromatic nitrogens is 2. The fourth-order valence-electron chi connectivity index (χ4n) is 2.82. The lowest BCUT2D eigenvalue weighted by Gasteiger charge is -2.21. The van der Waals surface area contributed by atoms with E-state index < -0.39 is 0 Å². The van der Waals surface area contributed by atoms with Gasteiger partial charge < -0.3 is 9.88 Å². The van der Waals surface area contributed by atoms with Gasteiger partial charge in [0, 0.05) is 35.7 Å². The summed E-state index contributed by atoms with van der Waals surface area (Å²) in [6.45, 7) is 2.39. The fraction of sp³-hybridized carbons (Fsp3) is 0.211. The topological polar surface area (TPSA) is 58.1 Å². The molecule has 1 amide bonds. The minimum Gasteiger partial charge on any atom is -0.334 e. The van der Waals surface area contributed by atoms with Crippen molar-refractivity contribution in [3.05, 3.63) is 72.9 Å². The number of carbonyl (C=O) groups is 1. The highest BCUT2D eigenvalue weighted by Crippen LogP contribution is 2.19. The Kier molecular flexibility index (Phi) is 5.57. The molecule has 8 heteroatoms. The molecule has 3 rings (SSSR count). The molecular formula is C19H17BrFN3O2S. The number of benzene rings is 2. The number of aromatic amines is 1. The Hall–Kier alpha value is -2.32. The van der Waals surface area contributed by atoms with Crippen LogP contribution in [0.5, 0.6) is 0 Å². The van der Waals surface area contributed by atoms with Gasteiger partial charge >= 0.3 is 0 Å². The largest absolute Gasteiger partial charge is 0.334 e. The number of nitrogens with zero attached hydrogens (tertiary/aromatic N) is 2. The van der Waals surface area contributed by atoms with Crippen molar-refractivity contribution >= 4 is 45.0 Å². The van der Waals surface area contributed by atoms with Crippen LogP contribution in [0.4, 0.5) is 4.39 Å². The zero-order chi connectivity index (χ0) is 19.7. The third kappa shape index (κ3) is 3.86. The molecule has 0 saturated heterocycles. The van der Waals surface area contributed by atoms with Gasteiger partial charge in [0.15, 0.2) is 4.77 Å². The molecule has 0 aliphatic heterocycles. The Morgan fingerprint density at radius 2 is 2.04 bits per heavy atom. The summed E-state index contributed by atoms with van der Waals surface area (Å²) in [6, 6.07) is 9.45. The van der Waals surface area contributed by atoms with Gasteiger partial charge in [-0.05, 0) is 55.5 Å². The molecule has 0 spiro atoms. The number of carbonyl (C=O) groups excluding carboxylic acids is 1. The van der Waals surface area contributed by atoms with Crippen LogP contribution in [-0.2, 0) is 13.6 Å². The lowest BCUT2D eigenvalue weighted by Crippen LogP contribution is -2.30. The Bertz CT molecular complexity index is 1160. The number of nitrogens with one attached hydrogen (secondary N) is 1. The van der Waals surface area contributed by atoms with Gasteiger partial charge in [-0.15, -0.1) is 0 Å². The molecule has 0 aliphatic carbocycles. The maximum atomic E-state index is 14.1. The molecule has 0 saturated carbocycles. The van der Waals surface area contributed by atoms with Gasteiger partial charge in [0.1, 0.15) is 5.82 Å². The third-order valence-corrected chi connectivity index (χ3v) is 5.25. The minimum atomic E-state index is -0.365.